The number of hydrogen-bond acceptors (Lipinski definition) is 5. The summed E-state index contributed by atoms with van der Waals surface area (Å²) < 4.78 is 36.1. The van der Waals surface area contributed by atoms with Crippen molar-refractivity contribution in [1.29, 1.82) is 0 Å². The quantitative estimate of drug-likeness (QED) is 0.802. The Bertz CT molecular complexity index is 800. The van der Waals surface area contributed by atoms with Crippen LogP contribution in [-0.4, -0.2) is 28.5 Å². The van der Waals surface area contributed by atoms with E-state index in [-0.39, 0.29) is 15.5 Å². The number of hydrogen-bond donors (Lipinski definition) is 1. The summed E-state index contributed by atoms with van der Waals surface area (Å²) in [5, 5.41) is 0.0430. The van der Waals surface area contributed by atoms with Crippen molar-refractivity contribution in [1.82, 2.24) is 4.72 Å². The van der Waals surface area contributed by atoms with Gasteiger partial charge in [0.25, 0.3) is 0 Å². The van der Waals surface area contributed by atoms with E-state index in [1.807, 2.05) is 6.07 Å². The topological polar surface area (TPSA) is 85.6 Å². The number of benzene rings is 1. The Morgan fingerprint density at radius 3 is 2.65 bits per heavy atom. The number of carbonyl (C=O) groups is 1. The fourth-order valence-corrected chi connectivity index (χ4v) is 3.43. The van der Waals surface area contributed by atoms with Gasteiger partial charge in [-0.15, -0.1) is 0 Å². The minimum atomic E-state index is -3.78. The zero-order chi connectivity index (χ0) is 17.0. The Labute approximate surface area is 139 Å². The first-order valence-electron chi connectivity index (χ1n) is 6.75. The van der Waals surface area contributed by atoms with Gasteiger partial charge in [-0.3, -0.25) is 0 Å². The van der Waals surface area contributed by atoms with Gasteiger partial charge in [-0.1, -0.05) is 11.6 Å². The van der Waals surface area contributed by atoms with Gasteiger partial charge in [0.2, 0.25) is 10.0 Å². The molecule has 0 saturated heterocycles. The number of furan rings is 1. The molecule has 1 N–H and O–H groups in total. The molecular weight excluding hydrogens is 342 g/mol. The molecule has 124 valence electrons. The van der Waals surface area contributed by atoms with E-state index in [1.54, 1.807) is 12.3 Å². The first kappa shape index (κ1) is 17.5. The molecule has 0 aliphatic rings. The number of rotatable bonds is 6. The number of methoxy groups -OCH3 is 1. The molecule has 0 aliphatic carbocycles. The first-order chi connectivity index (χ1) is 10.9. The van der Waals surface area contributed by atoms with Crippen LogP contribution < -0.4 is 4.72 Å². The van der Waals surface area contributed by atoms with Crippen molar-refractivity contribution in [2.75, 3.05) is 14.2 Å². The van der Waals surface area contributed by atoms with E-state index in [4.69, 9.17) is 20.8 Å². The molecule has 8 heteroatoms. The van der Waals surface area contributed by atoms with E-state index in [9.17, 15) is 13.2 Å². The molecule has 6 nitrogen and oxygen atoms in total. The van der Waals surface area contributed by atoms with E-state index in [0.29, 0.717) is 18.4 Å². The zero-order valence-corrected chi connectivity index (χ0v) is 14.2. The van der Waals surface area contributed by atoms with Gasteiger partial charge in [0.1, 0.15) is 10.7 Å². The highest BCUT2D eigenvalue weighted by atomic mass is 35.5. The number of aryl methyl sites for hydroxylation is 2. The fraction of sp³-hybridized carbons (Fsp3) is 0.267. The third-order valence-electron chi connectivity index (χ3n) is 3.34. The Kier molecular flexibility index (Phi) is 5.46. The van der Waals surface area contributed by atoms with Crippen LogP contribution in [0.25, 0.3) is 0 Å². The van der Waals surface area contributed by atoms with Gasteiger partial charge in [-0.25, -0.2) is 17.9 Å². The van der Waals surface area contributed by atoms with Crippen LogP contribution in [0.5, 0.6) is 0 Å². The minimum Gasteiger partial charge on any atom is -0.469 e. The molecule has 2 rings (SSSR count). The molecule has 0 saturated carbocycles. The predicted molar refractivity (Wildman–Crippen MR) is 85.2 cm³/mol. The van der Waals surface area contributed by atoms with Gasteiger partial charge in [-0.2, -0.15) is 0 Å². The molecular formula is C15H16ClNO5S. The van der Waals surface area contributed by atoms with E-state index in [2.05, 4.69) is 4.72 Å². The molecule has 0 spiro atoms. The van der Waals surface area contributed by atoms with Crippen LogP contribution >= 0.6 is 11.6 Å². The maximum absolute atomic E-state index is 12.0. The second kappa shape index (κ2) is 7.16. The summed E-state index contributed by atoms with van der Waals surface area (Å²) in [7, 11) is -1.27. The normalized spacial score (nSPS) is 11.4. The SMILES string of the molecule is CNS(=O)(=O)c1cc(C(=O)OC)c(CCc2ccco2)cc1Cl. The van der Waals surface area contributed by atoms with Gasteiger partial charge in [0, 0.05) is 6.42 Å². The van der Waals surface area contributed by atoms with Gasteiger partial charge in [0.15, 0.2) is 0 Å². The standard InChI is InChI=1S/C15H16ClNO5S/c1-17-23(19,20)14-9-12(15(18)21-2)10(8-13(14)16)5-6-11-4-3-7-22-11/h3-4,7-9,17H,5-6H2,1-2H3. The maximum atomic E-state index is 12.0. The highest BCUT2D eigenvalue weighted by Gasteiger charge is 2.22. The van der Waals surface area contributed by atoms with Crippen molar-refractivity contribution in [3.05, 3.63) is 52.4 Å². The molecule has 0 atom stereocenters. The summed E-state index contributed by atoms with van der Waals surface area (Å²) in [5.74, 6) is 0.132. The second-order valence-electron chi connectivity index (χ2n) is 4.72. The highest BCUT2D eigenvalue weighted by Crippen LogP contribution is 2.27. The van der Waals surface area contributed by atoms with E-state index >= 15 is 0 Å². The molecule has 0 unspecified atom stereocenters. The predicted octanol–water partition coefficient (Wildman–Crippen LogP) is 2.41. The van der Waals surface area contributed by atoms with Crippen LogP contribution in [0, 0.1) is 0 Å². The maximum Gasteiger partial charge on any atom is 0.338 e. The summed E-state index contributed by atoms with van der Waals surface area (Å²) in [5.41, 5.74) is 0.755. The fourth-order valence-electron chi connectivity index (χ4n) is 2.13. The van der Waals surface area contributed by atoms with Gasteiger partial charge in [-0.05, 0) is 43.3 Å². The number of carbonyl (C=O) groups excluding carboxylic acids is 1. The molecule has 2 aromatic rings. The number of nitrogens with one attached hydrogen (secondary N) is 1. The summed E-state index contributed by atoms with van der Waals surface area (Å²) >= 11 is 6.08. The van der Waals surface area contributed by atoms with Gasteiger partial charge >= 0.3 is 5.97 Å². The molecule has 0 radical (unpaired) electrons. The molecule has 0 amide bonds. The van der Waals surface area contributed by atoms with Crippen molar-refractivity contribution >= 4 is 27.6 Å². The monoisotopic (exact) mass is 357 g/mol. The van der Waals surface area contributed by atoms with Crippen molar-refractivity contribution < 1.29 is 22.4 Å². The van der Waals surface area contributed by atoms with Crippen LogP contribution in [0.4, 0.5) is 0 Å². The number of ether oxygens (including phenoxy) is 1. The van der Waals surface area contributed by atoms with Crippen molar-refractivity contribution in [3.63, 3.8) is 0 Å². The van der Waals surface area contributed by atoms with Crippen LogP contribution in [0.3, 0.4) is 0 Å². The van der Waals surface area contributed by atoms with Crippen LogP contribution in [-0.2, 0) is 27.6 Å². The lowest BCUT2D eigenvalue weighted by atomic mass is 10.0. The van der Waals surface area contributed by atoms with E-state index in [0.717, 1.165) is 5.76 Å². The Morgan fingerprint density at radius 2 is 2.09 bits per heavy atom. The third-order valence-corrected chi connectivity index (χ3v) is 5.22. The van der Waals surface area contributed by atoms with Crippen LogP contribution in [0.2, 0.25) is 5.02 Å². The van der Waals surface area contributed by atoms with E-state index in [1.165, 1.54) is 26.3 Å². The average molecular weight is 358 g/mol. The molecule has 23 heavy (non-hydrogen) atoms. The lowest BCUT2D eigenvalue weighted by Crippen LogP contribution is -2.20. The summed E-state index contributed by atoms with van der Waals surface area (Å²) in [4.78, 5) is 11.8. The Balaban J connectivity index is 2.44. The largest absolute Gasteiger partial charge is 0.469 e. The smallest absolute Gasteiger partial charge is 0.338 e. The second-order valence-corrected chi connectivity index (χ2v) is 6.98. The summed E-state index contributed by atoms with van der Waals surface area (Å²) in [6, 6.07) is 6.30. The molecule has 0 fully saturated rings. The van der Waals surface area contributed by atoms with Gasteiger partial charge in [0.05, 0.1) is 24.0 Å². The molecule has 0 bridgehead atoms. The molecule has 0 aliphatic heterocycles. The van der Waals surface area contributed by atoms with Crippen molar-refractivity contribution in [3.8, 4) is 0 Å². The van der Waals surface area contributed by atoms with Crippen molar-refractivity contribution in [2.24, 2.45) is 0 Å². The number of sulfonamides is 1. The van der Waals surface area contributed by atoms with Gasteiger partial charge < -0.3 is 9.15 Å². The summed E-state index contributed by atoms with van der Waals surface area (Å²) in [6.07, 6.45) is 2.56. The number of esters is 1. The Hall–Kier alpha value is -1.83. The minimum absolute atomic E-state index is 0.0430. The lowest BCUT2D eigenvalue weighted by Gasteiger charge is -2.12. The average Bonchev–Trinajstić information content (AvgIpc) is 3.05. The first-order valence-corrected chi connectivity index (χ1v) is 8.62. The van der Waals surface area contributed by atoms with Crippen LogP contribution in [0.15, 0.2) is 39.8 Å². The zero-order valence-electron chi connectivity index (χ0n) is 12.6. The van der Waals surface area contributed by atoms with Crippen molar-refractivity contribution in [2.45, 2.75) is 17.7 Å². The number of halogens is 1. The molecule has 1 aromatic carbocycles. The highest BCUT2D eigenvalue weighted by molar-refractivity contribution is 7.89. The van der Waals surface area contributed by atoms with E-state index < -0.39 is 16.0 Å². The third kappa shape index (κ3) is 3.93. The Morgan fingerprint density at radius 1 is 1.35 bits per heavy atom. The molecule has 1 heterocycles. The van der Waals surface area contributed by atoms with Crippen LogP contribution in [0.1, 0.15) is 21.7 Å². The lowest BCUT2D eigenvalue weighted by molar-refractivity contribution is 0.0599. The molecule has 1 aromatic heterocycles. The summed E-state index contributed by atoms with van der Waals surface area (Å²) in [6.45, 7) is 0.